The first-order chi connectivity index (χ1) is 25.5. The average Bonchev–Trinajstić information content (AvgIpc) is 3.68. The lowest BCUT2D eigenvalue weighted by Crippen LogP contribution is -2.34. The highest BCUT2D eigenvalue weighted by atomic mass is 16.2. The van der Waals surface area contributed by atoms with E-state index in [0.29, 0.717) is 17.1 Å². The molecule has 0 atom stereocenters. The van der Waals surface area contributed by atoms with Gasteiger partial charge in [-0.15, -0.1) is 0 Å². The van der Waals surface area contributed by atoms with E-state index >= 15 is 0 Å². The number of carbonyl (C=O) groups excluding carboxylic acids is 6. The van der Waals surface area contributed by atoms with Crippen molar-refractivity contribution in [3.8, 4) is 0 Å². The minimum atomic E-state index is -0.536. The number of amides is 6. The molecular weight excluding hydrogens is 682 g/mol. The van der Waals surface area contributed by atoms with E-state index in [4.69, 9.17) is 0 Å². The summed E-state index contributed by atoms with van der Waals surface area (Å²) in [5.41, 5.74) is 4.19. The van der Waals surface area contributed by atoms with Crippen molar-refractivity contribution in [3.05, 3.63) is 112 Å². The molecule has 4 heterocycles. The van der Waals surface area contributed by atoms with Gasteiger partial charge in [0, 0.05) is 42.5 Å². The first-order valence-corrected chi connectivity index (χ1v) is 16.1. The molecule has 3 aliphatic heterocycles. The Labute approximate surface area is 299 Å². The standard InChI is InChI=1S/C36H27N11O6/c1-46(2)21-8-3-17(4-9-21)37-16-47-32(52)24-12-7-20(15-27(24)33(47)53)40-36-44-34(38-18-5-10-22-25(13-18)30(50)41-28(22)48)43-35(45-36)39-19-6-11-23-26(14-19)31(51)42-29(23)49/h3-15,37H,16H2,1-2H3,(H,41,48,50)(H,42,49,51)(H3,38,39,40,43,44,45). The summed E-state index contributed by atoms with van der Waals surface area (Å²) in [6, 6.07) is 21.4. The number of benzene rings is 4. The predicted molar refractivity (Wildman–Crippen MR) is 192 cm³/mol. The Morgan fingerprint density at radius 3 is 1.38 bits per heavy atom. The number of rotatable bonds is 10. The minimum Gasteiger partial charge on any atom is -0.378 e. The van der Waals surface area contributed by atoms with Crippen molar-refractivity contribution in [1.82, 2.24) is 30.5 Å². The zero-order valence-electron chi connectivity index (χ0n) is 27.9. The zero-order valence-corrected chi connectivity index (χ0v) is 27.9. The van der Waals surface area contributed by atoms with Gasteiger partial charge in [-0.05, 0) is 78.9 Å². The summed E-state index contributed by atoms with van der Waals surface area (Å²) in [6.45, 7) is -0.0367. The topological polar surface area (TPSA) is 220 Å². The van der Waals surface area contributed by atoms with Crippen molar-refractivity contribution in [3.63, 3.8) is 0 Å². The molecule has 8 rings (SSSR count). The second-order valence-electron chi connectivity index (χ2n) is 12.3. The summed E-state index contributed by atoms with van der Waals surface area (Å²) in [7, 11) is 3.86. The fourth-order valence-corrected chi connectivity index (χ4v) is 5.98. The molecule has 0 unspecified atom stereocenters. The molecule has 5 aromatic rings. The van der Waals surface area contributed by atoms with Crippen LogP contribution >= 0.6 is 0 Å². The largest absolute Gasteiger partial charge is 0.378 e. The fraction of sp³-hybridized carbons (Fsp3) is 0.0833. The van der Waals surface area contributed by atoms with Gasteiger partial charge in [0.25, 0.3) is 35.4 Å². The highest BCUT2D eigenvalue weighted by Gasteiger charge is 2.36. The molecule has 0 bridgehead atoms. The van der Waals surface area contributed by atoms with Crippen LogP contribution in [0.5, 0.6) is 0 Å². The van der Waals surface area contributed by atoms with Crippen LogP contribution in [-0.4, -0.2) is 76.1 Å². The van der Waals surface area contributed by atoms with Crippen LogP contribution in [0.4, 0.5) is 46.3 Å². The molecule has 0 aliphatic carbocycles. The summed E-state index contributed by atoms with van der Waals surface area (Å²) in [5.74, 6) is -2.93. The number of nitrogens with zero attached hydrogens (tertiary/aromatic N) is 5. The molecule has 6 amide bonds. The van der Waals surface area contributed by atoms with Gasteiger partial charge in [-0.1, -0.05) is 0 Å². The molecule has 0 fully saturated rings. The third-order valence-electron chi connectivity index (χ3n) is 8.67. The fourth-order valence-electron chi connectivity index (χ4n) is 5.98. The molecule has 0 radical (unpaired) electrons. The molecule has 0 saturated heterocycles. The Morgan fingerprint density at radius 2 is 0.906 bits per heavy atom. The molecule has 17 nitrogen and oxygen atoms in total. The van der Waals surface area contributed by atoms with E-state index in [1.54, 1.807) is 18.2 Å². The van der Waals surface area contributed by atoms with Crippen molar-refractivity contribution < 1.29 is 28.8 Å². The minimum absolute atomic E-state index is 0.0181. The van der Waals surface area contributed by atoms with Gasteiger partial charge in [-0.25, -0.2) is 0 Å². The van der Waals surface area contributed by atoms with Crippen LogP contribution in [0, 0.1) is 0 Å². The summed E-state index contributed by atoms with van der Waals surface area (Å²) in [5, 5.41) is 16.7. The van der Waals surface area contributed by atoms with Crippen molar-refractivity contribution >= 4 is 81.7 Å². The van der Waals surface area contributed by atoms with Gasteiger partial charge in [0.15, 0.2) is 0 Å². The van der Waals surface area contributed by atoms with E-state index < -0.39 is 35.4 Å². The van der Waals surface area contributed by atoms with Crippen molar-refractivity contribution in [1.29, 1.82) is 0 Å². The van der Waals surface area contributed by atoms with E-state index in [9.17, 15) is 28.8 Å². The normalized spacial score (nSPS) is 14.0. The van der Waals surface area contributed by atoms with Crippen LogP contribution in [-0.2, 0) is 0 Å². The SMILES string of the molecule is CN(C)c1ccc(NCN2C(=O)c3ccc(Nc4nc(Nc5ccc6c(c5)C(=O)NC6=O)nc(Nc5ccc6c(c5)C(=O)NC6=O)n4)cc3C2=O)cc1. The molecule has 3 aliphatic rings. The van der Waals surface area contributed by atoms with Crippen LogP contribution in [0.2, 0.25) is 0 Å². The van der Waals surface area contributed by atoms with Gasteiger partial charge in [0.05, 0.1) is 40.0 Å². The van der Waals surface area contributed by atoms with Crippen molar-refractivity contribution in [2.24, 2.45) is 0 Å². The maximum absolute atomic E-state index is 13.4. The smallest absolute Gasteiger partial charge is 0.263 e. The van der Waals surface area contributed by atoms with Crippen molar-refractivity contribution in [2.45, 2.75) is 0 Å². The molecular formula is C36H27N11O6. The number of imide groups is 3. The summed E-state index contributed by atoms with van der Waals surface area (Å²) < 4.78 is 0. The number of aromatic nitrogens is 3. The van der Waals surface area contributed by atoms with E-state index in [1.807, 2.05) is 43.3 Å². The Balaban J connectivity index is 1.06. The first-order valence-electron chi connectivity index (χ1n) is 16.1. The molecule has 4 aromatic carbocycles. The molecule has 53 heavy (non-hydrogen) atoms. The second-order valence-corrected chi connectivity index (χ2v) is 12.3. The Bertz CT molecular complexity index is 2350. The lowest BCUT2D eigenvalue weighted by atomic mass is 10.1. The molecule has 262 valence electrons. The van der Waals surface area contributed by atoms with E-state index in [2.05, 4.69) is 46.9 Å². The maximum atomic E-state index is 13.4. The Morgan fingerprint density at radius 1 is 0.509 bits per heavy atom. The number of carbonyl (C=O) groups is 6. The number of hydrogen-bond donors (Lipinski definition) is 6. The van der Waals surface area contributed by atoms with Gasteiger partial charge in [-0.3, -0.25) is 44.3 Å². The quantitative estimate of drug-likeness (QED) is 0.114. The summed E-state index contributed by atoms with van der Waals surface area (Å²) in [6.07, 6.45) is 0. The second kappa shape index (κ2) is 12.6. The van der Waals surface area contributed by atoms with Gasteiger partial charge in [0.1, 0.15) is 0 Å². The third-order valence-corrected chi connectivity index (χ3v) is 8.67. The number of anilines is 8. The van der Waals surface area contributed by atoms with Crippen LogP contribution in [0.1, 0.15) is 62.1 Å². The molecule has 0 spiro atoms. The Hall–Kier alpha value is -7.69. The summed E-state index contributed by atoms with van der Waals surface area (Å²) >= 11 is 0. The van der Waals surface area contributed by atoms with Crippen molar-refractivity contribution in [2.75, 3.05) is 46.9 Å². The van der Waals surface area contributed by atoms with Crippen LogP contribution in [0.15, 0.2) is 78.9 Å². The number of hydrogen-bond acceptors (Lipinski definition) is 14. The Kier molecular flexibility index (Phi) is 7.71. The van der Waals surface area contributed by atoms with E-state index in [0.717, 1.165) is 16.3 Å². The molecule has 6 N–H and O–H groups in total. The van der Waals surface area contributed by atoms with Gasteiger partial charge < -0.3 is 26.2 Å². The van der Waals surface area contributed by atoms with E-state index in [-0.39, 0.29) is 57.9 Å². The van der Waals surface area contributed by atoms with Gasteiger partial charge in [0.2, 0.25) is 17.8 Å². The van der Waals surface area contributed by atoms with Crippen LogP contribution < -0.4 is 36.8 Å². The monoisotopic (exact) mass is 709 g/mol. The lowest BCUT2D eigenvalue weighted by molar-refractivity contribution is 0.0663. The zero-order chi connectivity index (χ0) is 37.0. The number of nitrogens with one attached hydrogen (secondary N) is 6. The molecule has 0 saturated carbocycles. The lowest BCUT2D eigenvalue weighted by Gasteiger charge is -2.17. The van der Waals surface area contributed by atoms with E-state index in [1.165, 1.54) is 36.4 Å². The predicted octanol–water partition coefficient (Wildman–Crippen LogP) is 3.60. The van der Waals surface area contributed by atoms with Crippen LogP contribution in [0.3, 0.4) is 0 Å². The third kappa shape index (κ3) is 6.07. The first kappa shape index (κ1) is 32.5. The number of fused-ring (bicyclic) bond motifs is 3. The summed E-state index contributed by atoms with van der Waals surface area (Å²) in [4.78, 5) is 91.7. The molecule has 1 aromatic heterocycles. The van der Waals surface area contributed by atoms with Gasteiger partial charge in [-0.2, -0.15) is 15.0 Å². The highest BCUT2D eigenvalue weighted by Crippen LogP contribution is 2.29. The van der Waals surface area contributed by atoms with Gasteiger partial charge >= 0.3 is 0 Å². The average molecular weight is 710 g/mol. The van der Waals surface area contributed by atoms with Crippen LogP contribution in [0.25, 0.3) is 0 Å². The molecule has 17 heteroatoms. The highest BCUT2D eigenvalue weighted by molar-refractivity contribution is 6.23. The maximum Gasteiger partial charge on any atom is 0.263 e.